The number of imidazole rings is 1. The van der Waals surface area contributed by atoms with E-state index in [2.05, 4.69) is 44.7 Å². The van der Waals surface area contributed by atoms with Crippen LogP contribution in [0.25, 0.3) is 5.65 Å². The Labute approximate surface area is 108 Å². The van der Waals surface area contributed by atoms with E-state index >= 15 is 0 Å². The zero-order valence-electron chi connectivity index (χ0n) is 10.8. The van der Waals surface area contributed by atoms with Crippen LogP contribution >= 0.6 is 0 Å². The number of nitrogens with one attached hydrogen (secondary N) is 1. The molecular weight excluding hydrogens is 224 g/mol. The van der Waals surface area contributed by atoms with Crippen molar-refractivity contribution in [3.05, 3.63) is 30.6 Å². The van der Waals surface area contributed by atoms with Crippen molar-refractivity contribution in [1.29, 1.82) is 0 Å². The quantitative estimate of drug-likeness (QED) is 0.895. The van der Waals surface area contributed by atoms with Crippen LogP contribution in [0.4, 0.5) is 5.82 Å². The highest BCUT2D eigenvalue weighted by molar-refractivity contribution is 5.51. The number of fused-ring (bicyclic) bond motifs is 1. The van der Waals surface area contributed by atoms with Crippen LogP contribution in [0.5, 0.6) is 0 Å². The molecular formula is C14H20N4. The van der Waals surface area contributed by atoms with Crippen LogP contribution in [-0.2, 0) is 0 Å². The number of aromatic nitrogens is 2. The fourth-order valence-electron chi connectivity index (χ4n) is 2.79. The predicted molar refractivity (Wildman–Crippen MR) is 74.1 cm³/mol. The fraction of sp³-hybridized carbons (Fsp3) is 0.500. The van der Waals surface area contributed by atoms with Crippen LogP contribution in [0.3, 0.4) is 0 Å². The predicted octanol–water partition coefficient (Wildman–Crippen LogP) is 1.91. The van der Waals surface area contributed by atoms with E-state index in [1.165, 1.54) is 18.7 Å². The van der Waals surface area contributed by atoms with Gasteiger partial charge in [0, 0.05) is 31.5 Å². The van der Waals surface area contributed by atoms with Crippen LogP contribution < -0.4 is 10.2 Å². The van der Waals surface area contributed by atoms with Gasteiger partial charge in [-0.2, -0.15) is 0 Å². The second-order valence-corrected chi connectivity index (χ2v) is 4.86. The maximum atomic E-state index is 4.34. The standard InChI is InChI=1S/C14H20N4/c1-2-15-12-6-9-17(10-7-12)14-5-3-4-13-16-8-11-18(13)14/h3-5,8,11-12,15H,2,6-7,9-10H2,1H3. The summed E-state index contributed by atoms with van der Waals surface area (Å²) in [5.74, 6) is 1.26. The first-order valence-electron chi connectivity index (χ1n) is 6.79. The Morgan fingerprint density at radius 3 is 2.94 bits per heavy atom. The molecule has 0 aliphatic carbocycles. The molecule has 1 saturated heterocycles. The van der Waals surface area contributed by atoms with E-state index in [1.54, 1.807) is 0 Å². The van der Waals surface area contributed by atoms with Gasteiger partial charge in [0.25, 0.3) is 0 Å². The van der Waals surface area contributed by atoms with Crippen LogP contribution in [-0.4, -0.2) is 35.1 Å². The van der Waals surface area contributed by atoms with Gasteiger partial charge >= 0.3 is 0 Å². The molecule has 0 unspecified atom stereocenters. The average Bonchev–Trinajstić information content (AvgIpc) is 2.88. The maximum Gasteiger partial charge on any atom is 0.138 e. The molecule has 96 valence electrons. The molecule has 18 heavy (non-hydrogen) atoms. The number of pyridine rings is 1. The molecule has 2 aromatic heterocycles. The number of piperidine rings is 1. The molecule has 0 saturated carbocycles. The van der Waals surface area contributed by atoms with Crippen molar-refractivity contribution in [1.82, 2.24) is 14.7 Å². The lowest BCUT2D eigenvalue weighted by atomic mass is 10.1. The molecule has 2 aromatic rings. The molecule has 1 N–H and O–H groups in total. The smallest absolute Gasteiger partial charge is 0.138 e. The Morgan fingerprint density at radius 2 is 2.17 bits per heavy atom. The van der Waals surface area contributed by atoms with Crippen LogP contribution in [0.15, 0.2) is 30.6 Å². The first-order chi connectivity index (χ1) is 8.88. The van der Waals surface area contributed by atoms with Gasteiger partial charge in [0.15, 0.2) is 0 Å². The van der Waals surface area contributed by atoms with E-state index in [0.717, 1.165) is 25.3 Å². The van der Waals surface area contributed by atoms with Crippen LogP contribution in [0, 0.1) is 0 Å². The summed E-state index contributed by atoms with van der Waals surface area (Å²) in [6.45, 7) is 5.49. The maximum absolute atomic E-state index is 4.34. The molecule has 1 aliphatic heterocycles. The minimum Gasteiger partial charge on any atom is -0.358 e. The third-order valence-corrected chi connectivity index (χ3v) is 3.72. The summed E-state index contributed by atoms with van der Waals surface area (Å²) in [4.78, 5) is 6.80. The van der Waals surface area contributed by atoms with E-state index in [4.69, 9.17) is 0 Å². The molecule has 1 fully saturated rings. The Hall–Kier alpha value is -1.55. The van der Waals surface area contributed by atoms with E-state index in [-0.39, 0.29) is 0 Å². The molecule has 4 nitrogen and oxygen atoms in total. The summed E-state index contributed by atoms with van der Waals surface area (Å²) >= 11 is 0. The molecule has 0 amide bonds. The van der Waals surface area contributed by atoms with Crippen molar-refractivity contribution in [2.24, 2.45) is 0 Å². The van der Waals surface area contributed by atoms with Gasteiger partial charge in [-0.1, -0.05) is 13.0 Å². The van der Waals surface area contributed by atoms with Crippen molar-refractivity contribution in [3.63, 3.8) is 0 Å². The Kier molecular flexibility index (Phi) is 3.19. The highest BCUT2D eigenvalue weighted by Gasteiger charge is 2.19. The van der Waals surface area contributed by atoms with Gasteiger partial charge in [-0.05, 0) is 31.5 Å². The highest BCUT2D eigenvalue weighted by atomic mass is 15.2. The van der Waals surface area contributed by atoms with E-state index in [1.807, 2.05) is 12.4 Å². The van der Waals surface area contributed by atoms with Crippen LogP contribution in [0.2, 0.25) is 0 Å². The number of rotatable bonds is 3. The summed E-state index contributed by atoms with van der Waals surface area (Å²) in [7, 11) is 0. The molecule has 3 heterocycles. The third-order valence-electron chi connectivity index (χ3n) is 3.72. The van der Waals surface area contributed by atoms with Gasteiger partial charge < -0.3 is 10.2 Å². The number of anilines is 1. The molecule has 0 atom stereocenters. The van der Waals surface area contributed by atoms with Gasteiger partial charge in [-0.15, -0.1) is 0 Å². The lowest BCUT2D eigenvalue weighted by Gasteiger charge is -2.34. The minimum absolute atomic E-state index is 0.688. The zero-order valence-corrected chi connectivity index (χ0v) is 10.8. The lowest BCUT2D eigenvalue weighted by Crippen LogP contribution is -2.43. The van der Waals surface area contributed by atoms with Crippen LogP contribution in [0.1, 0.15) is 19.8 Å². The first kappa shape index (κ1) is 11.5. The van der Waals surface area contributed by atoms with E-state index in [0.29, 0.717) is 6.04 Å². The monoisotopic (exact) mass is 244 g/mol. The van der Waals surface area contributed by atoms with Crippen molar-refractivity contribution in [2.45, 2.75) is 25.8 Å². The normalized spacial score (nSPS) is 17.5. The topological polar surface area (TPSA) is 32.6 Å². The third kappa shape index (κ3) is 2.08. The lowest BCUT2D eigenvalue weighted by molar-refractivity contribution is 0.422. The summed E-state index contributed by atoms with van der Waals surface area (Å²) in [6, 6.07) is 7.01. The second kappa shape index (κ2) is 4.98. The van der Waals surface area contributed by atoms with Gasteiger partial charge in [-0.25, -0.2) is 4.98 Å². The summed E-state index contributed by atoms with van der Waals surface area (Å²) in [6.07, 6.45) is 6.35. The van der Waals surface area contributed by atoms with Gasteiger partial charge in [0.1, 0.15) is 11.5 Å². The Balaban J connectivity index is 1.78. The Bertz CT molecular complexity index is 511. The van der Waals surface area contributed by atoms with Gasteiger partial charge in [0.05, 0.1) is 0 Å². The van der Waals surface area contributed by atoms with E-state index in [9.17, 15) is 0 Å². The van der Waals surface area contributed by atoms with Gasteiger partial charge in [0.2, 0.25) is 0 Å². The Morgan fingerprint density at radius 1 is 1.33 bits per heavy atom. The summed E-state index contributed by atoms with van der Waals surface area (Å²) in [5.41, 5.74) is 1.03. The molecule has 1 aliphatic rings. The molecule has 0 radical (unpaired) electrons. The second-order valence-electron chi connectivity index (χ2n) is 4.86. The number of hydrogen-bond acceptors (Lipinski definition) is 3. The van der Waals surface area contributed by atoms with Gasteiger partial charge in [-0.3, -0.25) is 4.40 Å². The molecule has 0 bridgehead atoms. The van der Waals surface area contributed by atoms with Crippen molar-refractivity contribution in [3.8, 4) is 0 Å². The molecule has 3 rings (SSSR count). The average molecular weight is 244 g/mol. The van der Waals surface area contributed by atoms with Crippen molar-refractivity contribution >= 4 is 11.5 Å². The zero-order chi connectivity index (χ0) is 12.4. The first-order valence-corrected chi connectivity index (χ1v) is 6.79. The fourth-order valence-corrected chi connectivity index (χ4v) is 2.79. The molecule has 0 aromatic carbocycles. The SMILES string of the molecule is CCNC1CCN(c2cccc3nccn23)CC1. The largest absolute Gasteiger partial charge is 0.358 e. The van der Waals surface area contributed by atoms with Crippen molar-refractivity contribution in [2.75, 3.05) is 24.5 Å². The molecule has 4 heteroatoms. The molecule has 0 spiro atoms. The van der Waals surface area contributed by atoms with E-state index < -0.39 is 0 Å². The number of nitrogens with zero attached hydrogens (tertiary/aromatic N) is 3. The highest BCUT2D eigenvalue weighted by Crippen LogP contribution is 2.21. The summed E-state index contributed by atoms with van der Waals surface area (Å²) < 4.78 is 2.17. The van der Waals surface area contributed by atoms with Crippen molar-refractivity contribution < 1.29 is 0 Å². The number of hydrogen-bond donors (Lipinski definition) is 1. The summed E-state index contributed by atoms with van der Waals surface area (Å²) in [5, 5.41) is 3.54. The minimum atomic E-state index is 0.688.